The quantitative estimate of drug-likeness (QED) is 0.367. The van der Waals surface area contributed by atoms with E-state index in [0.717, 1.165) is 37.5 Å². The van der Waals surface area contributed by atoms with Crippen LogP contribution in [-0.4, -0.2) is 31.7 Å². The molecule has 1 atom stereocenters. The van der Waals surface area contributed by atoms with Crippen LogP contribution in [0.25, 0.3) is 0 Å². The first-order valence-electron chi connectivity index (χ1n) is 9.24. The van der Waals surface area contributed by atoms with Crippen molar-refractivity contribution < 1.29 is 4.74 Å². The lowest BCUT2D eigenvalue weighted by molar-refractivity contribution is 0.242. The zero-order valence-corrected chi connectivity index (χ0v) is 18.3. The van der Waals surface area contributed by atoms with E-state index in [1.165, 1.54) is 5.69 Å². The average molecular weight is 480 g/mol. The first-order valence-corrected chi connectivity index (χ1v) is 9.24. The van der Waals surface area contributed by atoms with Gasteiger partial charge in [-0.3, -0.25) is 4.99 Å². The van der Waals surface area contributed by atoms with Crippen molar-refractivity contribution in [2.75, 3.05) is 29.9 Å². The average Bonchev–Trinajstić information content (AvgIpc) is 3.11. The molecular weight excluding hydrogens is 451 g/mol. The lowest BCUT2D eigenvalue weighted by Crippen LogP contribution is -2.25. The number of para-hydroxylation sites is 1. The molecule has 0 spiro atoms. The van der Waals surface area contributed by atoms with Crippen molar-refractivity contribution in [2.45, 2.75) is 26.4 Å². The molecule has 1 aliphatic heterocycles. The smallest absolute Gasteiger partial charge is 0.193 e. The summed E-state index contributed by atoms with van der Waals surface area (Å²) < 4.78 is 5.64. The molecule has 0 aliphatic carbocycles. The standard InChI is InChI=1S/C21H28N4O.HI/c1-16(2)26-20-10-8-18(9-11-20)24-21(22)23-14-17-12-13-25(15-17)19-6-4-3-5-7-19;/h3-11,16-17H,12-15H2,1-2H3,(H3,22,23,24);1H. The fraction of sp³-hybridized carbons (Fsp3) is 0.381. The Bertz CT molecular complexity index is 719. The van der Waals surface area contributed by atoms with Gasteiger partial charge in [-0.15, -0.1) is 24.0 Å². The minimum atomic E-state index is 0. The molecule has 1 saturated heterocycles. The molecule has 0 radical (unpaired) electrons. The molecule has 1 heterocycles. The predicted molar refractivity (Wildman–Crippen MR) is 124 cm³/mol. The van der Waals surface area contributed by atoms with Gasteiger partial charge in [0.15, 0.2) is 5.96 Å². The molecule has 146 valence electrons. The third-order valence-corrected chi connectivity index (χ3v) is 4.43. The lowest BCUT2D eigenvalue weighted by Gasteiger charge is -2.18. The number of guanidine groups is 1. The van der Waals surface area contributed by atoms with Gasteiger partial charge in [0.05, 0.1) is 6.10 Å². The summed E-state index contributed by atoms with van der Waals surface area (Å²) in [4.78, 5) is 6.94. The van der Waals surface area contributed by atoms with Gasteiger partial charge in [-0.05, 0) is 62.6 Å². The molecule has 2 aromatic carbocycles. The van der Waals surface area contributed by atoms with Crippen LogP contribution in [0.5, 0.6) is 5.75 Å². The number of benzene rings is 2. The Morgan fingerprint density at radius 3 is 2.56 bits per heavy atom. The van der Waals surface area contributed by atoms with Crippen LogP contribution in [0, 0.1) is 5.92 Å². The van der Waals surface area contributed by atoms with Crippen LogP contribution in [0.3, 0.4) is 0 Å². The van der Waals surface area contributed by atoms with Crippen LogP contribution in [0.2, 0.25) is 0 Å². The number of hydrogen-bond acceptors (Lipinski definition) is 3. The molecule has 0 amide bonds. The molecule has 3 rings (SSSR count). The van der Waals surface area contributed by atoms with E-state index in [1.54, 1.807) is 0 Å². The molecule has 27 heavy (non-hydrogen) atoms. The second-order valence-corrected chi connectivity index (χ2v) is 6.98. The van der Waals surface area contributed by atoms with Crippen molar-refractivity contribution in [1.82, 2.24) is 0 Å². The minimum Gasteiger partial charge on any atom is -0.491 e. The first-order chi connectivity index (χ1) is 12.6. The van der Waals surface area contributed by atoms with Crippen molar-refractivity contribution in [3.05, 3.63) is 54.6 Å². The molecule has 5 nitrogen and oxygen atoms in total. The first kappa shape index (κ1) is 21.3. The van der Waals surface area contributed by atoms with Crippen LogP contribution in [0.15, 0.2) is 59.6 Å². The van der Waals surface area contributed by atoms with Crippen LogP contribution in [0.1, 0.15) is 20.3 Å². The van der Waals surface area contributed by atoms with E-state index in [0.29, 0.717) is 11.9 Å². The number of anilines is 2. The fourth-order valence-corrected chi connectivity index (χ4v) is 3.16. The highest BCUT2D eigenvalue weighted by Crippen LogP contribution is 2.23. The maximum absolute atomic E-state index is 6.04. The van der Waals surface area contributed by atoms with E-state index in [9.17, 15) is 0 Å². The lowest BCUT2D eigenvalue weighted by atomic mass is 10.1. The summed E-state index contributed by atoms with van der Waals surface area (Å²) in [5.41, 5.74) is 8.24. The monoisotopic (exact) mass is 480 g/mol. The normalized spacial score (nSPS) is 16.9. The third kappa shape index (κ3) is 6.61. The van der Waals surface area contributed by atoms with Crippen molar-refractivity contribution in [3.63, 3.8) is 0 Å². The summed E-state index contributed by atoms with van der Waals surface area (Å²) >= 11 is 0. The summed E-state index contributed by atoms with van der Waals surface area (Å²) in [6.45, 7) is 6.88. The van der Waals surface area contributed by atoms with Gasteiger partial charge in [-0.1, -0.05) is 18.2 Å². The van der Waals surface area contributed by atoms with E-state index < -0.39 is 0 Å². The summed E-state index contributed by atoms with van der Waals surface area (Å²) in [5, 5.41) is 3.15. The summed E-state index contributed by atoms with van der Waals surface area (Å²) in [5.74, 6) is 1.85. The van der Waals surface area contributed by atoms with E-state index in [1.807, 2.05) is 38.1 Å². The molecule has 0 aromatic heterocycles. The number of ether oxygens (including phenoxy) is 1. The third-order valence-electron chi connectivity index (χ3n) is 4.43. The molecular formula is C21H29IN4O. The zero-order chi connectivity index (χ0) is 18.4. The van der Waals surface area contributed by atoms with Gasteiger partial charge in [0.2, 0.25) is 0 Å². The Morgan fingerprint density at radius 1 is 1.19 bits per heavy atom. The molecule has 3 N–H and O–H groups in total. The van der Waals surface area contributed by atoms with Crippen LogP contribution >= 0.6 is 24.0 Å². The number of hydrogen-bond donors (Lipinski definition) is 2. The minimum absolute atomic E-state index is 0. The highest BCUT2D eigenvalue weighted by molar-refractivity contribution is 14.0. The summed E-state index contributed by atoms with van der Waals surface area (Å²) in [6.07, 6.45) is 1.31. The van der Waals surface area contributed by atoms with Gasteiger partial charge in [0.1, 0.15) is 5.75 Å². The summed E-state index contributed by atoms with van der Waals surface area (Å²) in [6, 6.07) is 18.3. The van der Waals surface area contributed by atoms with Gasteiger partial charge in [0, 0.05) is 31.0 Å². The van der Waals surface area contributed by atoms with Crippen molar-refractivity contribution >= 4 is 41.3 Å². The fourth-order valence-electron chi connectivity index (χ4n) is 3.16. The predicted octanol–water partition coefficient (Wildman–Crippen LogP) is 4.34. The van der Waals surface area contributed by atoms with Gasteiger partial charge in [-0.25, -0.2) is 0 Å². The van der Waals surface area contributed by atoms with Crippen LogP contribution < -0.4 is 20.7 Å². The number of nitrogens with one attached hydrogen (secondary N) is 1. The second kappa shape index (κ2) is 10.4. The molecule has 6 heteroatoms. The number of rotatable bonds is 6. The Morgan fingerprint density at radius 2 is 1.89 bits per heavy atom. The van der Waals surface area contributed by atoms with E-state index in [4.69, 9.17) is 10.5 Å². The van der Waals surface area contributed by atoms with E-state index in [-0.39, 0.29) is 30.1 Å². The number of aliphatic imine (C=N–C) groups is 1. The van der Waals surface area contributed by atoms with E-state index in [2.05, 4.69) is 45.5 Å². The molecule has 0 bridgehead atoms. The van der Waals surface area contributed by atoms with Crippen LogP contribution in [-0.2, 0) is 0 Å². The molecule has 0 saturated carbocycles. The van der Waals surface area contributed by atoms with Crippen molar-refractivity contribution in [3.8, 4) is 5.75 Å². The topological polar surface area (TPSA) is 62.9 Å². The second-order valence-electron chi connectivity index (χ2n) is 6.98. The Kier molecular flexibility index (Phi) is 8.22. The molecule has 1 aliphatic rings. The Labute approximate surface area is 179 Å². The van der Waals surface area contributed by atoms with Gasteiger partial charge in [-0.2, -0.15) is 0 Å². The van der Waals surface area contributed by atoms with Crippen molar-refractivity contribution in [2.24, 2.45) is 16.6 Å². The zero-order valence-electron chi connectivity index (χ0n) is 16.0. The highest BCUT2D eigenvalue weighted by Gasteiger charge is 2.22. The maximum Gasteiger partial charge on any atom is 0.193 e. The van der Waals surface area contributed by atoms with Gasteiger partial charge < -0.3 is 20.7 Å². The summed E-state index contributed by atoms with van der Waals surface area (Å²) in [7, 11) is 0. The largest absolute Gasteiger partial charge is 0.491 e. The van der Waals surface area contributed by atoms with Crippen molar-refractivity contribution in [1.29, 1.82) is 0 Å². The number of nitrogens with two attached hydrogens (primary N) is 1. The Hall–Kier alpha value is -1.96. The molecule has 1 fully saturated rings. The molecule has 1 unspecified atom stereocenters. The van der Waals surface area contributed by atoms with Gasteiger partial charge in [0.25, 0.3) is 0 Å². The SMILES string of the molecule is CC(C)Oc1ccc(NC(N)=NCC2CCN(c3ccccc3)C2)cc1.I. The van der Waals surface area contributed by atoms with E-state index >= 15 is 0 Å². The number of nitrogens with zero attached hydrogens (tertiary/aromatic N) is 2. The Balaban J connectivity index is 0.00000261. The highest BCUT2D eigenvalue weighted by atomic mass is 127. The maximum atomic E-state index is 6.04. The van der Waals surface area contributed by atoms with Gasteiger partial charge >= 0.3 is 0 Å². The number of halogens is 1. The molecule has 2 aromatic rings. The van der Waals surface area contributed by atoms with Crippen LogP contribution in [0.4, 0.5) is 11.4 Å².